The summed E-state index contributed by atoms with van der Waals surface area (Å²) < 4.78 is 10.8. The number of aromatic nitrogens is 1. The number of furan rings is 1. The maximum Gasteiger partial charge on any atom is 0.191 e. The van der Waals surface area contributed by atoms with Crippen LogP contribution in [-0.4, -0.2) is 61.8 Å². The lowest BCUT2D eigenvalue weighted by atomic mass is 10.3. The molecule has 1 aliphatic rings. The van der Waals surface area contributed by atoms with E-state index in [4.69, 9.17) is 14.1 Å². The smallest absolute Gasteiger partial charge is 0.191 e. The van der Waals surface area contributed by atoms with Crippen molar-refractivity contribution >= 4 is 41.3 Å². The second-order valence-electron chi connectivity index (χ2n) is 6.73. The summed E-state index contributed by atoms with van der Waals surface area (Å²) in [5.41, 5.74) is 0. The molecule has 9 heteroatoms. The summed E-state index contributed by atoms with van der Waals surface area (Å²) in [5.74, 6) is 1.81. The Morgan fingerprint density at radius 3 is 2.83 bits per heavy atom. The molecule has 0 unspecified atom stereocenters. The van der Waals surface area contributed by atoms with Crippen LogP contribution in [-0.2, 0) is 24.1 Å². The number of nitrogens with one attached hydrogen (secondary N) is 2. The molecule has 0 saturated carbocycles. The SMILES string of the molecule is CCc1cnc(CN=C(NCCCN2CCOCC2)NCCc2ccco2)s1.I. The summed E-state index contributed by atoms with van der Waals surface area (Å²) >= 11 is 1.74. The van der Waals surface area contributed by atoms with E-state index in [0.29, 0.717) is 6.54 Å². The highest BCUT2D eigenvalue weighted by Crippen LogP contribution is 2.14. The zero-order valence-electron chi connectivity index (χ0n) is 17.1. The Kier molecular flexibility index (Phi) is 11.6. The van der Waals surface area contributed by atoms with Crippen molar-refractivity contribution in [1.29, 1.82) is 0 Å². The van der Waals surface area contributed by atoms with Gasteiger partial charge in [0.25, 0.3) is 0 Å². The van der Waals surface area contributed by atoms with Crippen LogP contribution in [0, 0.1) is 0 Å². The Morgan fingerprint density at radius 2 is 2.10 bits per heavy atom. The number of hydrogen-bond acceptors (Lipinski definition) is 6. The molecule has 2 aromatic rings. The highest BCUT2D eigenvalue weighted by Gasteiger charge is 2.09. The Labute approximate surface area is 194 Å². The second kappa shape index (κ2) is 13.9. The van der Waals surface area contributed by atoms with Gasteiger partial charge in [0.05, 0.1) is 26.0 Å². The molecule has 2 N–H and O–H groups in total. The van der Waals surface area contributed by atoms with Gasteiger partial charge in [-0.1, -0.05) is 6.92 Å². The van der Waals surface area contributed by atoms with Crippen molar-refractivity contribution in [2.24, 2.45) is 4.99 Å². The first-order valence-corrected chi connectivity index (χ1v) is 10.9. The van der Waals surface area contributed by atoms with Crippen molar-refractivity contribution in [2.45, 2.75) is 32.7 Å². The molecule has 3 rings (SSSR count). The number of thiazole rings is 1. The predicted octanol–water partition coefficient (Wildman–Crippen LogP) is 2.92. The number of aliphatic imine (C=N–C) groups is 1. The fourth-order valence-electron chi connectivity index (χ4n) is 3.00. The van der Waals surface area contributed by atoms with Crippen LogP contribution in [0.4, 0.5) is 0 Å². The van der Waals surface area contributed by atoms with Gasteiger partial charge in [-0.05, 0) is 31.5 Å². The highest BCUT2D eigenvalue weighted by atomic mass is 127. The molecule has 29 heavy (non-hydrogen) atoms. The van der Waals surface area contributed by atoms with E-state index >= 15 is 0 Å². The number of hydrogen-bond donors (Lipinski definition) is 2. The second-order valence-corrected chi connectivity index (χ2v) is 7.93. The third kappa shape index (κ3) is 9.02. The number of aryl methyl sites for hydroxylation is 1. The molecule has 1 fully saturated rings. The molecule has 0 aromatic carbocycles. The zero-order chi connectivity index (χ0) is 19.4. The first-order valence-electron chi connectivity index (χ1n) is 10.1. The van der Waals surface area contributed by atoms with E-state index in [1.165, 1.54) is 4.88 Å². The van der Waals surface area contributed by atoms with Crippen molar-refractivity contribution in [2.75, 3.05) is 45.9 Å². The largest absolute Gasteiger partial charge is 0.469 e. The summed E-state index contributed by atoms with van der Waals surface area (Å²) in [6, 6.07) is 3.91. The van der Waals surface area contributed by atoms with Crippen molar-refractivity contribution in [3.05, 3.63) is 40.2 Å². The Hall–Kier alpha value is -1.17. The Balaban J connectivity index is 0.00000300. The molecule has 1 saturated heterocycles. The lowest BCUT2D eigenvalue weighted by Gasteiger charge is -2.26. The van der Waals surface area contributed by atoms with Crippen molar-refractivity contribution in [3.63, 3.8) is 0 Å². The average Bonchev–Trinajstić information content (AvgIpc) is 3.41. The molecule has 7 nitrogen and oxygen atoms in total. The lowest BCUT2D eigenvalue weighted by Crippen LogP contribution is -2.41. The lowest BCUT2D eigenvalue weighted by molar-refractivity contribution is 0.0376. The van der Waals surface area contributed by atoms with E-state index in [0.717, 1.165) is 81.9 Å². The van der Waals surface area contributed by atoms with Crippen LogP contribution in [0.25, 0.3) is 0 Å². The number of ether oxygens (including phenoxy) is 1. The van der Waals surface area contributed by atoms with Gasteiger partial charge in [0.2, 0.25) is 0 Å². The number of nitrogens with zero attached hydrogens (tertiary/aromatic N) is 3. The maximum absolute atomic E-state index is 5.40. The first-order chi connectivity index (χ1) is 13.8. The van der Waals surface area contributed by atoms with Crippen LogP contribution in [0.2, 0.25) is 0 Å². The molecular formula is C20H32IN5O2S. The van der Waals surface area contributed by atoms with Crippen LogP contribution in [0.3, 0.4) is 0 Å². The number of rotatable bonds is 10. The Bertz CT molecular complexity index is 702. The summed E-state index contributed by atoms with van der Waals surface area (Å²) in [5, 5.41) is 7.92. The van der Waals surface area contributed by atoms with Gasteiger partial charge in [0, 0.05) is 43.7 Å². The minimum absolute atomic E-state index is 0. The molecule has 0 radical (unpaired) electrons. The Morgan fingerprint density at radius 1 is 1.28 bits per heavy atom. The predicted molar refractivity (Wildman–Crippen MR) is 128 cm³/mol. The molecule has 0 spiro atoms. The first kappa shape index (κ1) is 24.1. The van der Waals surface area contributed by atoms with Crippen molar-refractivity contribution < 1.29 is 9.15 Å². The van der Waals surface area contributed by atoms with Crippen LogP contribution >= 0.6 is 35.3 Å². The van der Waals surface area contributed by atoms with Gasteiger partial charge in [0.15, 0.2) is 5.96 Å². The number of guanidine groups is 1. The van der Waals surface area contributed by atoms with Gasteiger partial charge in [0.1, 0.15) is 10.8 Å². The molecule has 0 atom stereocenters. The van der Waals surface area contributed by atoms with Gasteiger partial charge >= 0.3 is 0 Å². The molecular weight excluding hydrogens is 501 g/mol. The zero-order valence-corrected chi connectivity index (χ0v) is 20.2. The van der Waals surface area contributed by atoms with Gasteiger partial charge in [-0.15, -0.1) is 35.3 Å². The van der Waals surface area contributed by atoms with E-state index in [9.17, 15) is 0 Å². The molecule has 0 amide bonds. The minimum Gasteiger partial charge on any atom is -0.469 e. The fraction of sp³-hybridized carbons (Fsp3) is 0.600. The fourth-order valence-corrected chi connectivity index (χ4v) is 3.79. The third-order valence-electron chi connectivity index (χ3n) is 4.61. The van der Waals surface area contributed by atoms with Crippen LogP contribution in [0.15, 0.2) is 34.0 Å². The van der Waals surface area contributed by atoms with E-state index < -0.39 is 0 Å². The van der Waals surface area contributed by atoms with E-state index in [1.54, 1.807) is 17.6 Å². The maximum atomic E-state index is 5.40. The molecule has 162 valence electrons. The summed E-state index contributed by atoms with van der Waals surface area (Å²) in [7, 11) is 0. The van der Waals surface area contributed by atoms with Gasteiger partial charge in [-0.3, -0.25) is 4.90 Å². The monoisotopic (exact) mass is 533 g/mol. The molecule has 2 aromatic heterocycles. The van der Waals surface area contributed by atoms with Gasteiger partial charge in [-0.25, -0.2) is 9.98 Å². The van der Waals surface area contributed by atoms with Crippen LogP contribution in [0.1, 0.15) is 29.0 Å². The minimum atomic E-state index is 0. The average molecular weight is 533 g/mol. The highest BCUT2D eigenvalue weighted by molar-refractivity contribution is 14.0. The van der Waals surface area contributed by atoms with E-state index in [-0.39, 0.29) is 24.0 Å². The standard InChI is InChI=1S/C20H31N5O2S.HI/c1-2-18-15-23-19(28-18)16-24-20(22-8-6-17-5-3-12-27-17)21-7-4-9-25-10-13-26-14-11-25;/h3,5,12,15H,2,4,6-11,13-14,16H2,1H3,(H2,21,22,24);1H. The van der Waals surface area contributed by atoms with E-state index in [1.807, 2.05) is 18.3 Å². The van der Waals surface area contributed by atoms with Gasteiger partial charge < -0.3 is 19.8 Å². The molecule has 1 aliphatic heterocycles. The van der Waals surface area contributed by atoms with E-state index in [2.05, 4.69) is 27.4 Å². The van der Waals surface area contributed by atoms with Crippen LogP contribution in [0.5, 0.6) is 0 Å². The summed E-state index contributed by atoms with van der Waals surface area (Å²) in [4.78, 5) is 12.9. The van der Waals surface area contributed by atoms with Gasteiger partial charge in [-0.2, -0.15) is 0 Å². The summed E-state index contributed by atoms with van der Waals surface area (Å²) in [6.45, 7) is 9.27. The molecule has 0 aliphatic carbocycles. The topological polar surface area (TPSA) is 74.9 Å². The summed E-state index contributed by atoms with van der Waals surface area (Å²) in [6.07, 6.45) is 6.60. The normalized spacial score (nSPS) is 15.1. The quantitative estimate of drug-likeness (QED) is 0.212. The van der Waals surface area contributed by atoms with Crippen molar-refractivity contribution in [1.82, 2.24) is 20.5 Å². The van der Waals surface area contributed by atoms with Crippen molar-refractivity contribution in [3.8, 4) is 0 Å². The molecule has 0 bridgehead atoms. The number of morpholine rings is 1. The number of halogens is 1. The third-order valence-corrected chi connectivity index (χ3v) is 5.74. The molecule has 3 heterocycles. The van der Waals surface area contributed by atoms with Crippen LogP contribution < -0.4 is 10.6 Å².